The van der Waals surface area contributed by atoms with Crippen molar-refractivity contribution in [2.45, 2.75) is 25.8 Å². The Balaban J connectivity index is 0.00000120. The predicted octanol–water partition coefficient (Wildman–Crippen LogP) is 1.23. The van der Waals surface area contributed by atoms with Gasteiger partial charge in [0.15, 0.2) is 0 Å². The van der Waals surface area contributed by atoms with Gasteiger partial charge in [0.25, 0.3) is 5.91 Å². The number of hydrogen-bond acceptors (Lipinski definition) is 4. The summed E-state index contributed by atoms with van der Waals surface area (Å²) in [6, 6.07) is 2.32. The second-order valence-corrected chi connectivity index (χ2v) is 4.98. The van der Waals surface area contributed by atoms with Gasteiger partial charge in [-0.1, -0.05) is 5.16 Å². The molecule has 0 saturated carbocycles. The summed E-state index contributed by atoms with van der Waals surface area (Å²) in [7, 11) is 0. The van der Waals surface area contributed by atoms with Crippen LogP contribution in [0.4, 0.5) is 0 Å². The van der Waals surface area contributed by atoms with Gasteiger partial charge in [-0.05, 0) is 32.2 Å². The number of aromatic nitrogens is 1. The summed E-state index contributed by atoms with van der Waals surface area (Å²) >= 11 is 0. The lowest BCUT2D eigenvalue weighted by Crippen LogP contribution is -2.46. The first-order valence-electron chi connectivity index (χ1n) is 6.20. The Morgan fingerprint density at radius 3 is 3.11 bits per heavy atom. The Bertz CT molecular complexity index is 435. The molecule has 1 amide bonds. The normalized spacial score (nSPS) is 26.6. The summed E-state index contributed by atoms with van der Waals surface area (Å²) < 4.78 is 5.03. The predicted molar refractivity (Wildman–Crippen MR) is 68.9 cm³/mol. The number of carbonyl (C=O) groups excluding carboxylic acids is 1. The van der Waals surface area contributed by atoms with Crippen molar-refractivity contribution in [3.05, 3.63) is 17.5 Å². The minimum atomic E-state index is -0.0176. The highest BCUT2D eigenvalue weighted by molar-refractivity contribution is 5.91. The summed E-state index contributed by atoms with van der Waals surface area (Å²) in [5, 5.41) is 7.25. The highest BCUT2D eigenvalue weighted by atomic mass is 35.5. The smallest absolute Gasteiger partial charge is 0.292 e. The SMILES string of the molecule is Cc1cc(C(=O)N2CCC3NCCC3C2)on1.Cl. The number of amides is 1. The minimum Gasteiger partial charge on any atom is -0.351 e. The standard InChI is InChI=1S/C12H17N3O2.ClH/c1-8-6-11(17-14-8)12(16)15-5-3-10-9(7-15)2-4-13-10;/h6,9-10,13H,2-5,7H2,1H3;1H. The van der Waals surface area contributed by atoms with Gasteiger partial charge in [0, 0.05) is 25.2 Å². The molecule has 1 aromatic heterocycles. The van der Waals surface area contributed by atoms with E-state index in [2.05, 4.69) is 10.5 Å². The lowest BCUT2D eigenvalue weighted by Gasteiger charge is -2.34. The van der Waals surface area contributed by atoms with Crippen LogP contribution in [0.25, 0.3) is 0 Å². The van der Waals surface area contributed by atoms with Crippen molar-refractivity contribution in [2.24, 2.45) is 5.92 Å². The highest BCUT2D eigenvalue weighted by Crippen LogP contribution is 2.25. The Labute approximate surface area is 112 Å². The van der Waals surface area contributed by atoms with E-state index in [4.69, 9.17) is 4.52 Å². The van der Waals surface area contributed by atoms with Crippen LogP contribution in [-0.2, 0) is 0 Å². The number of likely N-dealkylation sites (tertiary alicyclic amines) is 1. The number of rotatable bonds is 1. The van der Waals surface area contributed by atoms with Crippen LogP contribution in [0.3, 0.4) is 0 Å². The van der Waals surface area contributed by atoms with Crippen LogP contribution in [0.2, 0.25) is 0 Å². The molecule has 2 atom stereocenters. The molecule has 18 heavy (non-hydrogen) atoms. The van der Waals surface area contributed by atoms with Gasteiger partial charge in [-0.25, -0.2) is 0 Å². The quantitative estimate of drug-likeness (QED) is 0.835. The van der Waals surface area contributed by atoms with E-state index in [0.29, 0.717) is 17.7 Å². The second-order valence-electron chi connectivity index (χ2n) is 4.98. The lowest BCUT2D eigenvalue weighted by molar-refractivity contribution is 0.0620. The average Bonchev–Trinajstić information content (AvgIpc) is 2.95. The maximum atomic E-state index is 12.2. The van der Waals surface area contributed by atoms with E-state index < -0.39 is 0 Å². The van der Waals surface area contributed by atoms with Gasteiger partial charge < -0.3 is 14.7 Å². The maximum absolute atomic E-state index is 12.2. The summed E-state index contributed by atoms with van der Waals surface area (Å²) in [5.41, 5.74) is 0.755. The van der Waals surface area contributed by atoms with Crippen LogP contribution in [0.5, 0.6) is 0 Å². The number of hydrogen-bond donors (Lipinski definition) is 1. The molecule has 2 fully saturated rings. The van der Waals surface area contributed by atoms with E-state index in [1.54, 1.807) is 6.07 Å². The fourth-order valence-electron chi connectivity index (χ4n) is 2.85. The van der Waals surface area contributed by atoms with Crippen molar-refractivity contribution >= 4 is 18.3 Å². The lowest BCUT2D eigenvalue weighted by atomic mass is 9.93. The second kappa shape index (κ2) is 5.28. The first kappa shape index (κ1) is 13.4. The molecule has 6 heteroatoms. The van der Waals surface area contributed by atoms with Gasteiger partial charge in [0.1, 0.15) is 0 Å². The molecule has 0 bridgehead atoms. The molecule has 100 valence electrons. The van der Waals surface area contributed by atoms with E-state index in [0.717, 1.165) is 31.7 Å². The largest absolute Gasteiger partial charge is 0.351 e. The first-order valence-corrected chi connectivity index (χ1v) is 6.20. The third-order valence-electron chi connectivity index (χ3n) is 3.78. The van der Waals surface area contributed by atoms with E-state index in [1.807, 2.05) is 11.8 Å². The highest BCUT2D eigenvalue weighted by Gasteiger charge is 2.35. The molecule has 1 aromatic rings. The zero-order valence-electron chi connectivity index (χ0n) is 10.4. The molecule has 0 spiro atoms. The number of nitrogens with one attached hydrogen (secondary N) is 1. The van der Waals surface area contributed by atoms with Gasteiger partial charge in [-0.2, -0.15) is 0 Å². The Morgan fingerprint density at radius 1 is 1.56 bits per heavy atom. The number of carbonyl (C=O) groups is 1. The molecular weight excluding hydrogens is 254 g/mol. The van der Waals surface area contributed by atoms with Gasteiger partial charge >= 0.3 is 0 Å². The fraction of sp³-hybridized carbons (Fsp3) is 0.667. The Morgan fingerprint density at radius 2 is 2.39 bits per heavy atom. The number of fused-ring (bicyclic) bond motifs is 1. The molecule has 2 aliphatic rings. The zero-order valence-corrected chi connectivity index (χ0v) is 11.2. The molecule has 2 unspecified atom stereocenters. The number of aryl methyl sites for hydroxylation is 1. The number of nitrogens with zero attached hydrogens (tertiary/aromatic N) is 2. The number of halogens is 1. The van der Waals surface area contributed by atoms with Crippen LogP contribution < -0.4 is 5.32 Å². The third kappa shape index (κ3) is 2.37. The molecule has 3 rings (SSSR count). The molecule has 0 radical (unpaired) electrons. The maximum Gasteiger partial charge on any atom is 0.292 e. The first-order chi connectivity index (χ1) is 8.24. The Kier molecular flexibility index (Phi) is 3.92. The molecule has 5 nitrogen and oxygen atoms in total. The molecule has 2 saturated heterocycles. The molecule has 3 heterocycles. The van der Waals surface area contributed by atoms with Crippen molar-refractivity contribution in [3.63, 3.8) is 0 Å². The van der Waals surface area contributed by atoms with Crippen LogP contribution in [-0.4, -0.2) is 41.6 Å². The van der Waals surface area contributed by atoms with Gasteiger partial charge in [-0.3, -0.25) is 4.79 Å². The minimum absolute atomic E-state index is 0. The van der Waals surface area contributed by atoms with E-state index >= 15 is 0 Å². The van der Waals surface area contributed by atoms with Crippen LogP contribution in [0.1, 0.15) is 29.1 Å². The average molecular weight is 272 g/mol. The van der Waals surface area contributed by atoms with E-state index in [-0.39, 0.29) is 18.3 Å². The van der Waals surface area contributed by atoms with Crippen molar-refractivity contribution in [2.75, 3.05) is 19.6 Å². The zero-order chi connectivity index (χ0) is 11.8. The van der Waals surface area contributed by atoms with Crippen LogP contribution >= 0.6 is 12.4 Å². The van der Waals surface area contributed by atoms with Crippen molar-refractivity contribution in [1.29, 1.82) is 0 Å². The molecular formula is C12H18ClN3O2. The van der Waals surface area contributed by atoms with Gasteiger partial charge in [-0.15, -0.1) is 12.4 Å². The monoisotopic (exact) mass is 271 g/mol. The molecule has 0 aliphatic carbocycles. The van der Waals surface area contributed by atoms with Crippen LogP contribution in [0, 0.1) is 12.8 Å². The summed E-state index contributed by atoms with van der Waals surface area (Å²) in [4.78, 5) is 14.1. The molecule has 0 aromatic carbocycles. The van der Waals surface area contributed by atoms with Crippen molar-refractivity contribution in [1.82, 2.24) is 15.4 Å². The van der Waals surface area contributed by atoms with Crippen molar-refractivity contribution in [3.8, 4) is 0 Å². The van der Waals surface area contributed by atoms with Crippen molar-refractivity contribution < 1.29 is 9.32 Å². The van der Waals surface area contributed by atoms with Gasteiger partial charge in [0.2, 0.25) is 5.76 Å². The van der Waals surface area contributed by atoms with E-state index in [1.165, 1.54) is 6.42 Å². The Hall–Kier alpha value is -1.07. The fourth-order valence-corrected chi connectivity index (χ4v) is 2.85. The molecule has 1 N–H and O–H groups in total. The van der Waals surface area contributed by atoms with E-state index in [9.17, 15) is 4.79 Å². The topological polar surface area (TPSA) is 58.4 Å². The molecule has 2 aliphatic heterocycles. The summed E-state index contributed by atoms with van der Waals surface area (Å²) in [6.45, 7) is 4.56. The van der Waals surface area contributed by atoms with Gasteiger partial charge in [0.05, 0.1) is 5.69 Å². The summed E-state index contributed by atoms with van der Waals surface area (Å²) in [6.07, 6.45) is 2.22. The summed E-state index contributed by atoms with van der Waals surface area (Å²) in [5.74, 6) is 0.958. The third-order valence-corrected chi connectivity index (χ3v) is 3.78. The van der Waals surface area contributed by atoms with Crippen LogP contribution in [0.15, 0.2) is 10.6 Å². The number of piperidine rings is 1.